The highest BCUT2D eigenvalue weighted by Gasteiger charge is 2.51. The highest BCUT2D eigenvalue weighted by molar-refractivity contribution is 5.94. The first-order valence-electron chi connectivity index (χ1n) is 26.3. The van der Waals surface area contributed by atoms with E-state index in [1.54, 1.807) is 7.11 Å². The van der Waals surface area contributed by atoms with Crippen molar-refractivity contribution in [3.8, 4) is 17.0 Å². The van der Waals surface area contributed by atoms with E-state index in [0.29, 0.717) is 64.0 Å². The van der Waals surface area contributed by atoms with E-state index in [-0.39, 0.29) is 60.9 Å². The molecule has 4 aromatic rings. The molecule has 2 aliphatic heterocycles. The number of ether oxygens (including phenoxy) is 5. The highest BCUT2D eigenvalue weighted by Crippen LogP contribution is 2.47. The lowest BCUT2D eigenvalue weighted by molar-refractivity contribution is -0.155. The van der Waals surface area contributed by atoms with Gasteiger partial charge in [0.15, 0.2) is 0 Å². The number of aryl methyl sites for hydroxylation is 1. The zero-order valence-corrected chi connectivity index (χ0v) is 44.2. The van der Waals surface area contributed by atoms with Gasteiger partial charge in [0.1, 0.15) is 24.4 Å². The van der Waals surface area contributed by atoms with Crippen LogP contribution in [-0.2, 0) is 57.7 Å². The lowest BCUT2D eigenvalue weighted by Gasteiger charge is -2.44. The molecule has 8 rings (SSSR count). The van der Waals surface area contributed by atoms with Crippen molar-refractivity contribution in [2.75, 3.05) is 70.0 Å². The standard InChI is InChI=1S/C56H77N7O10/c1-10-62-47-18-17-41(73-42-25-38(26-42)52(72-11-2)50(58-53(66)48-34(3)35(48)4)54(67)63-19-13-16-46(59-63)55(68)70-9)28-43(47)45(29-56(6,7)32-64)51(62)44-27-40(30-57-49(44)36(5)69-8)61-22-20-60(21-23-61)39-15-12-14-37(24-39)31-71-33-65/h12,14-15,17-18,24,27-28,30,33-36,38,42,46,48,50,52,59,64H,10-11,13,16,19-23,25-26,29,31-32H2,1-9H3,(H,58,66)/t34-,35+,36-,38?,42?,46-,48?,50-,52+/m0/s1. The predicted octanol–water partition coefficient (Wildman–Crippen LogP) is 6.61. The molecule has 4 fully saturated rings. The fraction of sp³-hybridized carbons (Fsp3) is 0.589. The van der Waals surface area contributed by atoms with Crippen molar-refractivity contribution in [1.82, 2.24) is 25.3 Å². The number of hydrogen-bond acceptors (Lipinski definition) is 14. The van der Waals surface area contributed by atoms with Crippen LogP contribution >= 0.6 is 0 Å². The van der Waals surface area contributed by atoms with Gasteiger partial charge < -0.3 is 48.5 Å². The average Bonchev–Trinajstić information content (AvgIpc) is 3.89. The molecular formula is C56H77N7O10. The summed E-state index contributed by atoms with van der Waals surface area (Å²) in [6, 6.07) is 15.0. The molecule has 7 atom stereocenters. The molecule has 0 bridgehead atoms. The zero-order valence-electron chi connectivity index (χ0n) is 44.2. The number of esters is 1. The molecule has 4 heterocycles. The number of amides is 2. The molecule has 0 radical (unpaired) electrons. The molecule has 1 unspecified atom stereocenters. The number of methoxy groups -OCH3 is 2. The predicted molar refractivity (Wildman–Crippen MR) is 279 cm³/mol. The fourth-order valence-electron chi connectivity index (χ4n) is 11.2. The average molecular weight is 1010 g/mol. The summed E-state index contributed by atoms with van der Waals surface area (Å²) in [5, 5.41) is 16.4. The first kappa shape index (κ1) is 53.5. The van der Waals surface area contributed by atoms with Gasteiger partial charge in [0, 0.05) is 87.7 Å². The van der Waals surface area contributed by atoms with Crippen LogP contribution in [-0.4, -0.2) is 128 Å². The minimum Gasteiger partial charge on any atom is -0.490 e. The summed E-state index contributed by atoms with van der Waals surface area (Å²) in [4.78, 5) is 61.4. The lowest BCUT2D eigenvalue weighted by Crippen LogP contribution is -2.64. The van der Waals surface area contributed by atoms with Crippen LogP contribution in [0.15, 0.2) is 54.7 Å². The number of aromatic nitrogens is 2. The van der Waals surface area contributed by atoms with Crippen LogP contribution in [0, 0.1) is 29.1 Å². The third-order valence-corrected chi connectivity index (χ3v) is 15.9. The van der Waals surface area contributed by atoms with Gasteiger partial charge in [-0.15, -0.1) is 0 Å². The molecule has 17 nitrogen and oxygen atoms in total. The number of piperazine rings is 1. The van der Waals surface area contributed by atoms with E-state index in [4.69, 9.17) is 28.7 Å². The molecule has 2 aliphatic carbocycles. The summed E-state index contributed by atoms with van der Waals surface area (Å²) in [7, 11) is 3.04. The number of anilines is 2. The number of rotatable bonds is 22. The molecule has 3 N–H and O–H groups in total. The molecule has 2 aromatic carbocycles. The number of aliphatic hydroxyl groups is 1. The Balaban J connectivity index is 1.06. The molecule has 2 saturated carbocycles. The Morgan fingerprint density at radius 3 is 2.34 bits per heavy atom. The van der Waals surface area contributed by atoms with Crippen LogP contribution in [0.25, 0.3) is 22.2 Å². The molecule has 73 heavy (non-hydrogen) atoms. The van der Waals surface area contributed by atoms with E-state index >= 15 is 0 Å². The number of fused-ring (bicyclic) bond motifs is 1. The van der Waals surface area contributed by atoms with E-state index < -0.39 is 29.6 Å². The van der Waals surface area contributed by atoms with Gasteiger partial charge in [-0.1, -0.05) is 39.8 Å². The van der Waals surface area contributed by atoms with Crippen molar-refractivity contribution in [1.29, 1.82) is 0 Å². The molecule has 396 valence electrons. The topological polar surface area (TPSA) is 186 Å². The van der Waals surface area contributed by atoms with E-state index in [1.165, 1.54) is 12.1 Å². The number of benzene rings is 2. The quantitative estimate of drug-likeness (QED) is 0.0564. The van der Waals surface area contributed by atoms with Gasteiger partial charge in [-0.05, 0) is 124 Å². The van der Waals surface area contributed by atoms with Gasteiger partial charge >= 0.3 is 5.97 Å². The summed E-state index contributed by atoms with van der Waals surface area (Å²) in [6.45, 7) is 19.6. The molecule has 2 aromatic heterocycles. The minimum absolute atomic E-state index is 0.00878. The summed E-state index contributed by atoms with van der Waals surface area (Å²) in [5.74, 6) is -0.0419. The maximum absolute atomic E-state index is 14.5. The van der Waals surface area contributed by atoms with E-state index in [9.17, 15) is 24.3 Å². The summed E-state index contributed by atoms with van der Waals surface area (Å²) < 4.78 is 31.5. The Hall–Kier alpha value is -5.75. The number of nitrogens with one attached hydrogen (secondary N) is 2. The van der Waals surface area contributed by atoms with Gasteiger partial charge in [0.05, 0.1) is 48.7 Å². The largest absolute Gasteiger partial charge is 0.490 e. The smallest absolute Gasteiger partial charge is 0.324 e. The number of nitrogens with zero attached hydrogens (tertiary/aromatic N) is 5. The lowest BCUT2D eigenvalue weighted by atomic mass is 9.75. The molecule has 2 saturated heterocycles. The van der Waals surface area contributed by atoms with Gasteiger partial charge in [-0.3, -0.25) is 29.2 Å². The van der Waals surface area contributed by atoms with Gasteiger partial charge in [-0.2, -0.15) is 0 Å². The zero-order chi connectivity index (χ0) is 52.1. The second-order valence-corrected chi connectivity index (χ2v) is 21.3. The SMILES string of the molecule is CCO[C@H](C1CC(Oc2ccc3c(c2)c(CC(C)(C)CO)c(-c2cc(N4CCN(c5cccc(COC=O)c5)CC4)cnc2[C@H](C)OC)n3CC)C1)[C@H](NC(=O)C1[C@@H](C)[C@H]1C)C(=O)N1CCC[C@@H](C(=O)OC)N1. The van der Waals surface area contributed by atoms with Crippen LogP contribution in [0.3, 0.4) is 0 Å². The van der Waals surface area contributed by atoms with Crippen LogP contribution in [0.5, 0.6) is 5.75 Å². The number of carbonyl (C=O) groups excluding carboxylic acids is 4. The molecule has 17 heteroatoms. The number of hydrazine groups is 1. The number of aliphatic hydroxyl groups excluding tert-OH is 1. The molecule has 0 spiro atoms. The Labute approximate surface area is 430 Å². The van der Waals surface area contributed by atoms with Crippen molar-refractivity contribution in [3.63, 3.8) is 0 Å². The van der Waals surface area contributed by atoms with Gasteiger partial charge in [-0.25, -0.2) is 5.43 Å². The van der Waals surface area contributed by atoms with Crippen LogP contribution in [0.2, 0.25) is 0 Å². The first-order valence-corrected chi connectivity index (χ1v) is 26.3. The van der Waals surface area contributed by atoms with Crippen LogP contribution in [0.4, 0.5) is 11.4 Å². The Bertz CT molecular complexity index is 2580. The van der Waals surface area contributed by atoms with E-state index in [2.05, 4.69) is 90.1 Å². The van der Waals surface area contributed by atoms with Crippen molar-refractivity contribution in [3.05, 3.63) is 71.5 Å². The highest BCUT2D eigenvalue weighted by atomic mass is 16.5. The maximum atomic E-state index is 14.5. The normalized spacial score (nSPS) is 23.3. The molecule has 4 aliphatic rings. The number of carbonyl (C=O) groups is 4. The van der Waals surface area contributed by atoms with Gasteiger partial charge in [0.25, 0.3) is 12.4 Å². The van der Waals surface area contributed by atoms with Crippen LogP contribution < -0.4 is 25.3 Å². The van der Waals surface area contributed by atoms with Crippen molar-refractivity contribution in [2.24, 2.45) is 29.1 Å². The summed E-state index contributed by atoms with van der Waals surface area (Å²) in [6.07, 6.45) is 3.80. The monoisotopic (exact) mass is 1010 g/mol. The Morgan fingerprint density at radius 1 is 0.973 bits per heavy atom. The second kappa shape index (κ2) is 23.2. The Morgan fingerprint density at radius 2 is 1.70 bits per heavy atom. The molecular weight excluding hydrogens is 931 g/mol. The van der Waals surface area contributed by atoms with Crippen molar-refractivity contribution in [2.45, 2.75) is 124 Å². The summed E-state index contributed by atoms with van der Waals surface area (Å²) in [5.41, 5.74) is 10.6. The van der Waals surface area contributed by atoms with E-state index in [1.807, 2.05) is 38.2 Å². The Kier molecular flexibility index (Phi) is 17.0. The summed E-state index contributed by atoms with van der Waals surface area (Å²) >= 11 is 0. The number of pyridine rings is 1. The minimum atomic E-state index is -0.967. The number of hydrogen-bond donors (Lipinski definition) is 3. The second-order valence-electron chi connectivity index (χ2n) is 21.3. The van der Waals surface area contributed by atoms with E-state index in [0.717, 1.165) is 76.5 Å². The molecule has 2 amide bonds. The van der Waals surface area contributed by atoms with Gasteiger partial charge in [0.2, 0.25) is 5.91 Å². The first-order chi connectivity index (χ1) is 35.1. The third kappa shape index (κ3) is 11.6. The van der Waals surface area contributed by atoms with Crippen LogP contribution in [0.1, 0.15) is 97.1 Å². The van der Waals surface area contributed by atoms with Crippen molar-refractivity contribution < 1.29 is 48.0 Å². The fourth-order valence-corrected chi connectivity index (χ4v) is 11.2. The third-order valence-electron chi connectivity index (χ3n) is 15.9. The van der Waals surface area contributed by atoms with Crippen molar-refractivity contribution >= 4 is 46.5 Å². The maximum Gasteiger partial charge on any atom is 0.324 e.